The quantitative estimate of drug-likeness (QED) is 0.409. The number of ether oxygens (including phenoxy) is 1. The second-order valence-corrected chi connectivity index (χ2v) is 8.98. The molecule has 1 aromatic carbocycles. The SMILES string of the molecule is CCOc1ccc(-c2csc3ncnc(SCC(=O)NC4CCCCC4)c23)cc1. The lowest BCUT2D eigenvalue weighted by Gasteiger charge is -2.22. The molecule has 1 saturated carbocycles. The van der Waals surface area contributed by atoms with Crippen molar-refractivity contribution < 1.29 is 9.53 Å². The van der Waals surface area contributed by atoms with E-state index in [1.165, 1.54) is 31.0 Å². The van der Waals surface area contributed by atoms with E-state index in [1.54, 1.807) is 17.7 Å². The Balaban J connectivity index is 1.50. The molecule has 1 aliphatic carbocycles. The van der Waals surface area contributed by atoms with Crippen molar-refractivity contribution in [2.75, 3.05) is 12.4 Å². The van der Waals surface area contributed by atoms with Crippen LogP contribution in [0.2, 0.25) is 0 Å². The molecule has 1 amide bonds. The molecule has 7 heteroatoms. The number of amides is 1. The first-order valence-electron chi connectivity index (χ1n) is 10.1. The lowest BCUT2D eigenvalue weighted by Crippen LogP contribution is -2.37. The molecule has 2 aromatic heterocycles. The number of fused-ring (bicyclic) bond motifs is 1. The van der Waals surface area contributed by atoms with Crippen LogP contribution in [-0.4, -0.2) is 34.3 Å². The zero-order chi connectivity index (χ0) is 20.1. The topological polar surface area (TPSA) is 64.1 Å². The molecule has 152 valence electrons. The van der Waals surface area contributed by atoms with Gasteiger partial charge in [0, 0.05) is 17.0 Å². The van der Waals surface area contributed by atoms with Crippen molar-refractivity contribution in [2.45, 2.75) is 50.1 Å². The van der Waals surface area contributed by atoms with E-state index in [4.69, 9.17) is 4.74 Å². The van der Waals surface area contributed by atoms with Crippen LogP contribution in [0.5, 0.6) is 5.75 Å². The maximum Gasteiger partial charge on any atom is 0.230 e. The number of carbonyl (C=O) groups is 1. The number of hydrogen-bond acceptors (Lipinski definition) is 6. The Morgan fingerprint density at radius 3 is 2.76 bits per heavy atom. The molecule has 3 aromatic rings. The molecule has 29 heavy (non-hydrogen) atoms. The van der Waals surface area contributed by atoms with Gasteiger partial charge in [-0.05, 0) is 37.5 Å². The number of hydrogen-bond donors (Lipinski definition) is 1. The van der Waals surface area contributed by atoms with Crippen LogP contribution < -0.4 is 10.1 Å². The molecule has 0 spiro atoms. The van der Waals surface area contributed by atoms with Crippen LogP contribution in [0.25, 0.3) is 21.3 Å². The van der Waals surface area contributed by atoms with E-state index in [1.807, 2.05) is 19.1 Å². The fraction of sp³-hybridized carbons (Fsp3) is 0.409. The third-order valence-corrected chi connectivity index (χ3v) is 7.00. The number of nitrogens with zero attached hydrogens (tertiary/aromatic N) is 2. The summed E-state index contributed by atoms with van der Waals surface area (Å²) in [6.45, 7) is 2.63. The Labute approximate surface area is 179 Å². The van der Waals surface area contributed by atoms with Gasteiger partial charge in [0.2, 0.25) is 5.91 Å². The van der Waals surface area contributed by atoms with E-state index >= 15 is 0 Å². The fourth-order valence-electron chi connectivity index (χ4n) is 3.72. The minimum absolute atomic E-state index is 0.0894. The van der Waals surface area contributed by atoms with Gasteiger partial charge in [-0.15, -0.1) is 11.3 Å². The number of nitrogens with one attached hydrogen (secondary N) is 1. The van der Waals surface area contributed by atoms with E-state index in [0.717, 1.165) is 45.0 Å². The summed E-state index contributed by atoms with van der Waals surface area (Å²) < 4.78 is 5.55. The molecule has 0 unspecified atom stereocenters. The van der Waals surface area contributed by atoms with Crippen molar-refractivity contribution in [1.29, 1.82) is 0 Å². The van der Waals surface area contributed by atoms with Crippen LogP contribution in [0.1, 0.15) is 39.0 Å². The molecular weight excluding hydrogens is 402 g/mol. The van der Waals surface area contributed by atoms with Crippen molar-refractivity contribution >= 4 is 39.2 Å². The molecule has 0 atom stereocenters. The van der Waals surface area contributed by atoms with Crippen molar-refractivity contribution in [3.8, 4) is 16.9 Å². The first-order valence-corrected chi connectivity index (χ1v) is 12.0. The van der Waals surface area contributed by atoms with Crippen LogP contribution in [0.4, 0.5) is 0 Å². The maximum atomic E-state index is 12.4. The Bertz CT molecular complexity index is 966. The van der Waals surface area contributed by atoms with Crippen LogP contribution in [0.3, 0.4) is 0 Å². The first-order chi connectivity index (χ1) is 14.2. The largest absolute Gasteiger partial charge is 0.494 e. The van der Waals surface area contributed by atoms with Gasteiger partial charge in [-0.1, -0.05) is 43.2 Å². The predicted octanol–water partition coefficient (Wildman–Crippen LogP) is 5.30. The summed E-state index contributed by atoms with van der Waals surface area (Å²) in [4.78, 5) is 22.3. The molecule has 0 saturated heterocycles. The molecular formula is C22H25N3O2S2. The fourth-order valence-corrected chi connectivity index (χ4v) is 5.52. The van der Waals surface area contributed by atoms with Crippen LogP contribution in [0.15, 0.2) is 41.0 Å². The average molecular weight is 428 g/mol. The Hall–Kier alpha value is -2.12. The van der Waals surface area contributed by atoms with E-state index in [2.05, 4.69) is 32.8 Å². The first kappa shape index (κ1) is 20.2. The third kappa shape index (κ3) is 4.90. The number of rotatable bonds is 7. The molecule has 2 heterocycles. The lowest BCUT2D eigenvalue weighted by atomic mass is 9.95. The summed E-state index contributed by atoms with van der Waals surface area (Å²) in [5.74, 6) is 1.33. The van der Waals surface area contributed by atoms with Crippen molar-refractivity contribution in [3.05, 3.63) is 36.0 Å². The Kier molecular flexibility index (Phi) is 6.67. The highest BCUT2D eigenvalue weighted by Crippen LogP contribution is 2.38. The molecule has 1 aliphatic rings. The van der Waals surface area contributed by atoms with Gasteiger partial charge in [0.1, 0.15) is 21.9 Å². The molecule has 1 fully saturated rings. The zero-order valence-electron chi connectivity index (χ0n) is 16.5. The van der Waals surface area contributed by atoms with Crippen LogP contribution in [-0.2, 0) is 4.79 Å². The zero-order valence-corrected chi connectivity index (χ0v) is 18.2. The summed E-state index contributed by atoms with van der Waals surface area (Å²) >= 11 is 3.09. The number of carbonyl (C=O) groups excluding carboxylic acids is 1. The number of thioether (sulfide) groups is 1. The van der Waals surface area contributed by atoms with Gasteiger partial charge in [-0.25, -0.2) is 9.97 Å². The summed E-state index contributed by atoms with van der Waals surface area (Å²) in [6.07, 6.45) is 7.49. The molecule has 4 rings (SSSR count). The number of benzene rings is 1. The van der Waals surface area contributed by atoms with Crippen molar-refractivity contribution in [2.24, 2.45) is 0 Å². The minimum Gasteiger partial charge on any atom is -0.494 e. The summed E-state index contributed by atoms with van der Waals surface area (Å²) in [6, 6.07) is 8.42. The van der Waals surface area contributed by atoms with Crippen molar-refractivity contribution in [1.82, 2.24) is 15.3 Å². The summed E-state index contributed by atoms with van der Waals surface area (Å²) in [7, 11) is 0. The van der Waals surface area contributed by atoms with Crippen LogP contribution >= 0.6 is 23.1 Å². The maximum absolute atomic E-state index is 12.4. The summed E-state index contributed by atoms with van der Waals surface area (Å²) in [5.41, 5.74) is 2.20. The van der Waals surface area contributed by atoms with Crippen molar-refractivity contribution in [3.63, 3.8) is 0 Å². The highest BCUT2D eigenvalue weighted by Gasteiger charge is 2.18. The molecule has 1 N–H and O–H groups in total. The second-order valence-electron chi connectivity index (χ2n) is 7.16. The predicted molar refractivity (Wildman–Crippen MR) is 120 cm³/mol. The van der Waals surface area contributed by atoms with Gasteiger partial charge in [-0.2, -0.15) is 0 Å². The minimum atomic E-state index is 0.0894. The van der Waals surface area contributed by atoms with E-state index < -0.39 is 0 Å². The molecule has 0 radical (unpaired) electrons. The van der Waals surface area contributed by atoms with Gasteiger partial charge in [-0.3, -0.25) is 4.79 Å². The monoisotopic (exact) mass is 427 g/mol. The second kappa shape index (κ2) is 9.59. The lowest BCUT2D eigenvalue weighted by molar-refractivity contribution is -0.119. The van der Waals surface area contributed by atoms with Gasteiger partial charge in [0.15, 0.2) is 0 Å². The highest BCUT2D eigenvalue weighted by atomic mass is 32.2. The average Bonchev–Trinajstić information content (AvgIpc) is 3.19. The van der Waals surface area contributed by atoms with E-state index in [-0.39, 0.29) is 5.91 Å². The highest BCUT2D eigenvalue weighted by molar-refractivity contribution is 8.00. The van der Waals surface area contributed by atoms with Crippen LogP contribution in [0, 0.1) is 0 Å². The standard InChI is InChI=1S/C22H25N3O2S2/c1-2-27-17-10-8-15(9-11-17)18-12-28-21-20(18)22(24-14-23-21)29-13-19(26)25-16-6-4-3-5-7-16/h8-12,14,16H,2-7,13H2,1H3,(H,25,26). The molecule has 0 aliphatic heterocycles. The Morgan fingerprint density at radius 2 is 2.00 bits per heavy atom. The van der Waals surface area contributed by atoms with Gasteiger partial charge < -0.3 is 10.1 Å². The van der Waals surface area contributed by atoms with Gasteiger partial charge >= 0.3 is 0 Å². The summed E-state index contributed by atoms with van der Waals surface area (Å²) in [5, 5.41) is 7.18. The van der Waals surface area contributed by atoms with Gasteiger partial charge in [0.05, 0.1) is 17.7 Å². The smallest absolute Gasteiger partial charge is 0.230 e. The number of thiophene rings is 1. The normalized spacial score (nSPS) is 14.8. The third-order valence-electron chi connectivity index (χ3n) is 5.12. The molecule has 5 nitrogen and oxygen atoms in total. The van der Waals surface area contributed by atoms with Gasteiger partial charge in [0.25, 0.3) is 0 Å². The molecule has 0 bridgehead atoms. The Morgan fingerprint density at radius 1 is 1.21 bits per heavy atom. The van der Waals surface area contributed by atoms with E-state index in [9.17, 15) is 4.79 Å². The number of aromatic nitrogens is 2. The van der Waals surface area contributed by atoms with E-state index in [0.29, 0.717) is 18.4 Å².